The molecule has 4 nitrogen and oxygen atoms in total. The summed E-state index contributed by atoms with van der Waals surface area (Å²) < 4.78 is 5.81. The summed E-state index contributed by atoms with van der Waals surface area (Å²) in [5.41, 5.74) is 5.34. The summed E-state index contributed by atoms with van der Waals surface area (Å²) in [6, 6.07) is 6.54. The Morgan fingerprint density at radius 3 is 2.87 bits per heavy atom. The van der Waals surface area contributed by atoms with Crippen LogP contribution in [-0.2, 0) is 11.3 Å². The average molecular weight is 315 g/mol. The molecule has 23 heavy (non-hydrogen) atoms. The molecule has 2 aromatic rings. The van der Waals surface area contributed by atoms with Gasteiger partial charge in [-0.15, -0.1) is 0 Å². The fraction of sp³-hybridized carbons (Fsp3) is 0.579. The van der Waals surface area contributed by atoms with Crippen LogP contribution in [0.3, 0.4) is 0 Å². The first-order valence-electron chi connectivity index (χ1n) is 8.56. The van der Waals surface area contributed by atoms with Crippen LogP contribution < -0.4 is 0 Å². The zero-order chi connectivity index (χ0) is 16.4. The van der Waals surface area contributed by atoms with Gasteiger partial charge in [-0.05, 0) is 39.1 Å². The van der Waals surface area contributed by atoms with Crippen LogP contribution in [0.25, 0.3) is 10.9 Å². The maximum atomic E-state index is 5.81. The molecule has 1 N–H and O–H groups in total. The van der Waals surface area contributed by atoms with E-state index >= 15 is 0 Å². The van der Waals surface area contributed by atoms with Gasteiger partial charge in [-0.1, -0.05) is 18.2 Å². The smallest absolute Gasteiger partial charge is 0.0593 e. The third-order valence-corrected chi connectivity index (χ3v) is 4.83. The Hall–Kier alpha value is -1.36. The molecule has 0 saturated carbocycles. The molecule has 0 aliphatic carbocycles. The zero-order valence-electron chi connectivity index (χ0n) is 14.9. The van der Waals surface area contributed by atoms with Crippen molar-refractivity contribution in [3.05, 3.63) is 35.0 Å². The molecule has 3 rings (SSSR count). The van der Waals surface area contributed by atoms with Gasteiger partial charge in [0.2, 0.25) is 0 Å². The number of rotatable bonds is 4. The Bertz CT molecular complexity index is 662. The summed E-state index contributed by atoms with van der Waals surface area (Å²) in [6.45, 7) is 10.3. The number of aryl methyl sites for hydroxylation is 2. The van der Waals surface area contributed by atoms with Gasteiger partial charge in [0.05, 0.1) is 13.2 Å². The fourth-order valence-electron chi connectivity index (χ4n) is 3.66. The van der Waals surface area contributed by atoms with Gasteiger partial charge >= 0.3 is 0 Å². The van der Waals surface area contributed by atoms with Crippen molar-refractivity contribution in [2.45, 2.75) is 20.4 Å². The number of aromatic nitrogens is 1. The van der Waals surface area contributed by atoms with Gasteiger partial charge in [0.15, 0.2) is 0 Å². The van der Waals surface area contributed by atoms with E-state index in [9.17, 15) is 0 Å². The quantitative estimate of drug-likeness (QED) is 0.941. The summed E-state index contributed by atoms with van der Waals surface area (Å²) in [5.74, 6) is 0.582. The summed E-state index contributed by atoms with van der Waals surface area (Å²) in [5, 5.41) is 1.36. The molecule has 126 valence electrons. The molecule has 0 amide bonds. The Morgan fingerprint density at radius 1 is 1.30 bits per heavy atom. The molecule has 1 fully saturated rings. The summed E-state index contributed by atoms with van der Waals surface area (Å²) in [6.07, 6.45) is 0. The fourth-order valence-corrected chi connectivity index (χ4v) is 3.66. The predicted molar refractivity (Wildman–Crippen MR) is 95.9 cm³/mol. The zero-order valence-corrected chi connectivity index (χ0v) is 14.9. The number of fused-ring (bicyclic) bond motifs is 1. The van der Waals surface area contributed by atoms with E-state index in [0.717, 1.165) is 39.4 Å². The number of hydrogen-bond acceptors (Lipinski definition) is 3. The first kappa shape index (κ1) is 16.5. The number of hydrogen-bond donors (Lipinski definition) is 1. The highest BCUT2D eigenvalue weighted by molar-refractivity contribution is 5.86. The van der Waals surface area contributed by atoms with Crippen molar-refractivity contribution in [3.8, 4) is 0 Å². The molecule has 1 atom stereocenters. The van der Waals surface area contributed by atoms with Crippen molar-refractivity contribution in [3.63, 3.8) is 0 Å². The largest absolute Gasteiger partial charge is 0.380 e. The highest BCUT2D eigenvalue weighted by atomic mass is 16.5. The molecule has 1 unspecified atom stereocenters. The normalized spacial score (nSPS) is 20.3. The molecule has 4 heteroatoms. The van der Waals surface area contributed by atoms with Crippen LogP contribution in [0.5, 0.6) is 0 Å². The highest BCUT2D eigenvalue weighted by Gasteiger charge is 2.21. The van der Waals surface area contributed by atoms with Crippen molar-refractivity contribution in [2.24, 2.45) is 5.92 Å². The van der Waals surface area contributed by atoms with E-state index in [-0.39, 0.29) is 0 Å². The third kappa shape index (κ3) is 3.77. The topological polar surface area (TPSA) is 31.5 Å². The lowest BCUT2D eigenvalue weighted by molar-refractivity contribution is 0.112. The van der Waals surface area contributed by atoms with Crippen molar-refractivity contribution in [2.75, 3.05) is 46.9 Å². The molecule has 1 saturated heterocycles. The SMILES string of the molecule is Cc1c(CN2CCOCC(CN(C)C)C2)[nH]c2c(C)cccc12. The second kappa shape index (κ2) is 7.04. The Labute approximate surface area is 139 Å². The van der Waals surface area contributed by atoms with Crippen molar-refractivity contribution < 1.29 is 4.74 Å². The highest BCUT2D eigenvalue weighted by Crippen LogP contribution is 2.25. The lowest BCUT2D eigenvalue weighted by atomic mass is 10.1. The third-order valence-electron chi connectivity index (χ3n) is 4.83. The van der Waals surface area contributed by atoms with E-state index in [1.807, 2.05) is 0 Å². The van der Waals surface area contributed by atoms with E-state index in [2.05, 4.69) is 60.9 Å². The number of H-pyrrole nitrogens is 1. The molecule has 1 aromatic heterocycles. The first-order chi connectivity index (χ1) is 11.0. The number of para-hydroxylation sites is 1. The van der Waals surface area contributed by atoms with E-state index < -0.39 is 0 Å². The van der Waals surface area contributed by atoms with E-state index in [1.165, 1.54) is 27.7 Å². The van der Waals surface area contributed by atoms with Crippen LogP contribution in [0, 0.1) is 19.8 Å². The molecule has 0 radical (unpaired) electrons. The lowest BCUT2D eigenvalue weighted by Crippen LogP contribution is -2.34. The van der Waals surface area contributed by atoms with Gasteiger partial charge in [0, 0.05) is 48.7 Å². The van der Waals surface area contributed by atoms with Gasteiger partial charge in [-0.2, -0.15) is 0 Å². The number of benzene rings is 1. The van der Waals surface area contributed by atoms with Crippen LogP contribution in [0.15, 0.2) is 18.2 Å². The molecule has 1 aromatic carbocycles. The molecule has 2 heterocycles. The van der Waals surface area contributed by atoms with Crippen LogP contribution in [0.2, 0.25) is 0 Å². The maximum absolute atomic E-state index is 5.81. The molecular formula is C19H29N3O. The van der Waals surface area contributed by atoms with Crippen LogP contribution in [0.4, 0.5) is 0 Å². The average Bonchev–Trinajstić information content (AvgIpc) is 2.68. The minimum Gasteiger partial charge on any atom is -0.380 e. The Morgan fingerprint density at radius 2 is 2.13 bits per heavy atom. The van der Waals surface area contributed by atoms with Gasteiger partial charge in [0.25, 0.3) is 0 Å². The summed E-state index contributed by atoms with van der Waals surface area (Å²) in [4.78, 5) is 8.46. The van der Waals surface area contributed by atoms with Gasteiger partial charge in [0.1, 0.15) is 0 Å². The Kier molecular flexibility index (Phi) is 5.05. The monoisotopic (exact) mass is 315 g/mol. The van der Waals surface area contributed by atoms with Crippen LogP contribution in [-0.4, -0.2) is 61.7 Å². The van der Waals surface area contributed by atoms with Crippen molar-refractivity contribution in [1.29, 1.82) is 0 Å². The molecule has 1 aliphatic heterocycles. The summed E-state index contributed by atoms with van der Waals surface area (Å²) in [7, 11) is 4.28. The van der Waals surface area contributed by atoms with Crippen LogP contribution in [0.1, 0.15) is 16.8 Å². The molecule has 0 spiro atoms. The number of ether oxygens (including phenoxy) is 1. The maximum Gasteiger partial charge on any atom is 0.0593 e. The first-order valence-corrected chi connectivity index (χ1v) is 8.56. The number of aromatic amines is 1. The second-order valence-corrected chi connectivity index (χ2v) is 7.16. The second-order valence-electron chi connectivity index (χ2n) is 7.16. The number of nitrogens with zero attached hydrogens (tertiary/aromatic N) is 2. The Balaban J connectivity index is 1.77. The minimum absolute atomic E-state index is 0.582. The summed E-state index contributed by atoms with van der Waals surface area (Å²) >= 11 is 0. The molecule has 0 bridgehead atoms. The van der Waals surface area contributed by atoms with Crippen molar-refractivity contribution in [1.82, 2.24) is 14.8 Å². The van der Waals surface area contributed by atoms with E-state index in [0.29, 0.717) is 5.92 Å². The minimum atomic E-state index is 0.582. The standard InChI is InChI=1S/C19H29N3O/c1-14-6-5-7-17-15(2)18(20-19(14)17)12-22-8-9-23-13-16(11-22)10-21(3)4/h5-7,16,20H,8-13H2,1-4H3. The van der Waals surface area contributed by atoms with E-state index in [1.54, 1.807) is 0 Å². The van der Waals surface area contributed by atoms with Crippen molar-refractivity contribution >= 4 is 10.9 Å². The molecule has 1 aliphatic rings. The van der Waals surface area contributed by atoms with E-state index in [4.69, 9.17) is 4.74 Å². The van der Waals surface area contributed by atoms with Crippen LogP contribution >= 0.6 is 0 Å². The van der Waals surface area contributed by atoms with Gasteiger partial charge in [-0.3, -0.25) is 4.90 Å². The molecular weight excluding hydrogens is 286 g/mol. The lowest BCUT2D eigenvalue weighted by Gasteiger charge is -2.25. The number of nitrogens with one attached hydrogen (secondary N) is 1. The van der Waals surface area contributed by atoms with Gasteiger partial charge < -0.3 is 14.6 Å². The predicted octanol–water partition coefficient (Wildman–Crippen LogP) is 2.79. The van der Waals surface area contributed by atoms with Gasteiger partial charge in [-0.25, -0.2) is 0 Å².